The Hall–Kier alpha value is -3.39. The number of aromatic nitrogens is 2. The second kappa shape index (κ2) is 8.76. The highest BCUT2D eigenvalue weighted by molar-refractivity contribution is 5.97. The number of likely N-dealkylation sites (tertiary alicyclic amines) is 2. The van der Waals surface area contributed by atoms with Gasteiger partial charge in [-0.05, 0) is 45.1 Å². The minimum atomic E-state index is -0.124. The zero-order valence-corrected chi connectivity index (χ0v) is 20.1. The molecular formula is C26H30N4O4. The van der Waals surface area contributed by atoms with E-state index < -0.39 is 0 Å². The van der Waals surface area contributed by atoms with E-state index in [0.29, 0.717) is 41.9 Å². The molecule has 1 amide bonds. The van der Waals surface area contributed by atoms with Gasteiger partial charge >= 0.3 is 0 Å². The summed E-state index contributed by atoms with van der Waals surface area (Å²) >= 11 is 0. The molecule has 2 atom stereocenters. The molecule has 3 aromatic rings. The van der Waals surface area contributed by atoms with Crippen molar-refractivity contribution in [3.63, 3.8) is 0 Å². The number of amides is 1. The van der Waals surface area contributed by atoms with Gasteiger partial charge in [0.05, 0.1) is 25.7 Å². The molecule has 178 valence electrons. The Morgan fingerprint density at radius 3 is 2.71 bits per heavy atom. The van der Waals surface area contributed by atoms with Crippen LogP contribution in [0.25, 0.3) is 11.4 Å². The third kappa shape index (κ3) is 3.92. The average Bonchev–Trinajstić information content (AvgIpc) is 3.57. The van der Waals surface area contributed by atoms with Crippen LogP contribution in [0.3, 0.4) is 0 Å². The molecule has 8 heteroatoms. The van der Waals surface area contributed by atoms with E-state index >= 15 is 0 Å². The lowest BCUT2D eigenvalue weighted by molar-refractivity contribution is 0.0770. The molecule has 2 aliphatic rings. The van der Waals surface area contributed by atoms with Crippen molar-refractivity contribution in [2.75, 3.05) is 47.4 Å². The first-order chi connectivity index (χ1) is 16.4. The Bertz CT molecular complexity index is 1210. The summed E-state index contributed by atoms with van der Waals surface area (Å²) in [7, 11) is 5.28. The summed E-state index contributed by atoms with van der Waals surface area (Å²) < 4.78 is 16.6. The molecular weight excluding hydrogens is 432 g/mol. The normalized spacial score (nSPS) is 22.5. The monoisotopic (exact) mass is 462 g/mol. The molecule has 0 radical (unpaired) electrons. The van der Waals surface area contributed by atoms with Crippen LogP contribution in [0.15, 0.2) is 47.0 Å². The van der Waals surface area contributed by atoms with Crippen LogP contribution in [0.5, 0.6) is 11.5 Å². The number of ether oxygens (including phenoxy) is 2. The van der Waals surface area contributed by atoms with Crippen LogP contribution >= 0.6 is 0 Å². The van der Waals surface area contributed by atoms with Gasteiger partial charge in [0.2, 0.25) is 11.7 Å². The fourth-order valence-electron chi connectivity index (χ4n) is 5.41. The smallest absolute Gasteiger partial charge is 0.257 e. The summed E-state index contributed by atoms with van der Waals surface area (Å²) in [6.07, 6.45) is 0.972. The van der Waals surface area contributed by atoms with Crippen molar-refractivity contribution in [2.45, 2.75) is 19.3 Å². The molecule has 3 heterocycles. The van der Waals surface area contributed by atoms with Crippen LogP contribution in [-0.2, 0) is 0 Å². The Balaban J connectivity index is 1.46. The predicted octanol–water partition coefficient (Wildman–Crippen LogP) is 3.62. The van der Waals surface area contributed by atoms with E-state index in [1.54, 1.807) is 32.4 Å². The highest BCUT2D eigenvalue weighted by Crippen LogP contribution is 2.49. The molecule has 8 nitrogen and oxygen atoms in total. The fourth-order valence-corrected chi connectivity index (χ4v) is 5.41. The van der Waals surface area contributed by atoms with Crippen LogP contribution in [0.1, 0.15) is 34.2 Å². The van der Waals surface area contributed by atoms with Crippen LogP contribution in [-0.4, -0.2) is 73.3 Å². The molecule has 34 heavy (non-hydrogen) atoms. The van der Waals surface area contributed by atoms with Crippen molar-refractivity contribution in [1.29, 1.82) is 0 Å². The highest BCUT2D eigenvalue weighted by atomic mass is 16.5. The van der Waals surface area contributed by atoms with Crippen molar-refractivity contribution in [1.82, 2.24) is 19.9 Å². The molecule has 0 unspecified atom stereocenters. The Morgan fingerprint density at radius 2 is 2.00 bits per heavy atom. The zero-order valence-electron chi connectivity index (χ0n) is 20.1. The molecule has 0 bridgehead atoms. The number of nitrogens with zero attached hydrogens (tertiary/aromatic N) is 4. The first-order valence-corrected chi connectivity index (χ1v) is 11.5. The molecule has 1 aromatic heterocycles. The fraction of sp³-hybridized carbons (Fsp3) is 0.423. The summed E-state index contributed by atoms with van der Waals surface area (Å²) in [5, 5.41) is 4.28. The molecule has 0 N–H and O–H groups in total. The summed E-state index contributed by atoms with van der Waals surface area (Å²) in [4.78, 5) is 22.6. The van der Waals surface area contributed by atoms with Gasteiger partial charge in [0.1, 0.15) is 11.5 Å². The number of rotatable bonds is 5. The Kier molecular flexibility index (Phi) is 5.77. The lowest BCUT2D eigenvalue weighted by atomic mass is 9.77. The van der Waals surface area contributed by atoms with Gasteiger partial charge in [-0.3, -0.25) is 4.79 Å². The standard InChI is InChI=1S/C26H30N4O4/c1-17-6-5-7-18(12-17)23-27-24(34-28-23)21-14-30(16-26(21)10-11-29(2)15-26)25(31)20-9-8-19(32-3)13-22(20)33-4/h5-9,12-13,21H,10-11,14-16H2,1-4H3/t21-,26-/m0/s1. The maximum absolute atomic E-state index is 13.6. The van der Waals surface area contributed by atoms with Crippen molar-refractivity contribution in [3.8, 4) is 22.9 Å². The minimum Gasteiger partial charge on any atom is -0.497 e. The van der Waals surface area contributed by atoms with Crippen molar-refractivity contribution < 1.29 is 18.8 Å². The Morgan fingerprint density at radius 1 is 1.15 bits per heavy atom. The number of hydrogen-bond donors (Lipinski definition) is 0. The lowest BCUT2D eigenvalue weighted by Gasteiger charge is -2.27. The summed E-state index contributed by atoms with van der Waals surface area (Å²) in [5.41, 5.74) is 2.47. The lowest BCUT2D eigenvalue weighted by Crippen LogP contribution is -2.34. The van der Waals surface area contributed by atoms with E-state index in [2.05, 4.69) is 17.1 Å². The first-order valence-electron chi connectivity index (χ1n) is 11.5. The number of aryl methyl sites for hydroxylation is 1. The number of benzene rings is 2. The van der Waals surface area contributed by atoms with Gasteiger partial charge in [0.25, 0.3) is 5.91 Å². The maximum Gasteiger partial charge on any atom is 0.257 e. The van der Waals surface area contributed by atoms with Crippen LogP contribution in [0.2, 0.25) is 0 Å². The molecule has 2 fully saturated rings. The second-order valence-corrected chi connectivity index (χ2v) is 9.48. The first kappa shape index (κ1) is 22.4. The molecule has 0 aliphatic carbocycles. The van der Waals surface area contributed by atoms with E-state index in [-0.39, 0.29) is 17.2 Å². The van der Waals surface area contributed by atoms with Gasteiger partial charge in [0, 0.05) is 36.7 Å². The van der Waals surface area contributed by atoms with Crippen molar-refractivity contribution >= 4 is 5.91 Å². The maximum atomic E-state index is 13.6. The number of hydrogen-bond acceptors (Lipinski definition) is 7. The summed E-state index contributed by atoms with van der Waals surface area (Å²) in [5.74, 6) is 2.25. The molecule has 0 saturated carbocycles. The molecule has 1 spiro atoms. The SMILES string of the molecule is COc1ccc(C(=O)N2C[C@@H](c3nc(-c4cccc(C)c4)no3)[C@]3(CCN(C)C3)C2)c(OC)c1. The average molecular weight is 463 g/mol. The molecule has 5 rings (SSSR count). The number of methoxy groups -OCH3 is 2. The minimum absolute atomic E-state index is 0.0308. The van der Waals surface area contributed by atoms with E-state index in [4.69, 9.17) is 19.0 Å². The number of carbonyl (C=O) groups excluding carboxylic acids is 1. The topological polar surface area (TPSA) is 80.9 Å². The van der Waals surface area contributed by atoms with Gasteiger partial charge in [-0.15, -0.1) is 0 Å². The largest absolute Gasteiger partial charge is 0.497 e. The van der Waals surface area contributed by atoms with Gasteiger partial charge in [-0.25, -0.2) is 0 Å². The van der Waals surface area contributed by atoms with Gasteiger partial charge in [-0.1, -0.05) is 28.9 Å². The third-order valence-electron chi connectivity index (χ3n) is 7.17. The van der Waals surface area contributed by atoms with Crippen LogP contribution in [0.4, 0.5) is 0 Å². The summed E-state index contributed by atoms with van der Waals surface area (Å²) in [6.45, 7) is 5.06. The molecule has 2 saturated heterocycles. The van der Waals surface area contributed by atoms with Crippen LogP contribution < -0.4 is 9.47 Å². The van der Waals surface area contributed by atoms with E-state index in [1.807, 2.05) is 36.1 Å². The summed E-state index contributed by atoms with van der Waals surface area (Å²) in [6, 6.07) is 13.4. The predicted molar refractivity (Wildman–Crippen MR) is 127 cm³/mol. The Labute approximate surface area is 199 Å². The molecule has 2 aromatic carbocycles. The van der Waals surface area contributed by atoms with Crippen LogP contribution in [0, 0.1) is 12.3 Å². The van der Waals surface area contributed by atoms with Gasteiger partial charge < -0.3 is 23.8 Å². The van der Waals surface area contributed by atoms with E-state index in [0.717, 1.165) is 30.6 Å². The van der Waals surface area contributed by atoms with Crippen molar-refractivity contribution in [3.05, 3.63) is 59.5 Å². The third-order valence-corrected chi connectivity index (χ3v) is 7.17. The van der Waals surface area contributed by atoms with Crippen molar-refractivity contribution in [2.24, 2.45) is 5.41 Å². The van der Waals surface area contributed by atoms with E-state index in [1.165, 1.54) is 0 Å². The van der Waals surface area contributed by atoms with E-state index in [9.17, 15) is 4.79 Å². The highest BCUT2D eigenvalue weighted by Gasteiger charge is 2.54. The molecule has 2 aliphatic heterocycles. The van der Waals surface area contributed by atoms with Gasteiger partial charge in [-0.2, -0.15) is 4.98 Å². The zero-order chi connectivity index (χ0) is 23.9. The number of carbonyl (C=O) groups is 1. The van der Waals surface area contributed by atoms with Gasteiger partial charge in [0.15, 0.2) is 0 Å². The quantitative estimate of drug-likeness (QED) is 0.573. The second-order valence-electron chi connectivity index (χ2n) is 9.48.